The van der Waals surface area contributed by atoms with Crippen LogP contribution in [0.1, 0.15) is 94.7 Å². The molecule has 9 nitrogen and oxygen atoms in total. The van der Waals surface area contributed by atoms with Crippen LogP contribution >= 0.6 is 0 Å². The Bertz CT molecular complexity index is 1600. The van der Waals surface area contributed by atoms with Crippen molar-refractivity contribution in [3.63, 3.8) is 0 Å². The van der Waals surface area contributed by atoms with E-state index in [9.17, 15) is 19.2 Å². The summed E-state index contributed by atoms with van der Waals surface area (Å²) in [5.74, 6) is -1.47. The van der Waals surface area contributed by atoms with Gasteiger partial charge in [-0.3, -0.25) is 9.59 Å². The quantitative estimate of drug-likeness (QED) is 0.200. The summed E-state index contributed by atoms with van der Waals surface area (Å²) in [5, 5.41) is 5.84. The molecular formula is C41H53N3O6. The molecule has 4 rings (SSSR count). The van der Waals surface area contributed by atoms with E-state index in [-0.39, 0.29) is 18.9 Å². The van der Waals surface area contributed by atoms with E-state index in [0.717, 1.165) is 28.7 Å². The summed E-state index contributed by atoms with van der Waals surface area (Å²) in [6, 6.07) is 21.3. The first-order valence-corrected chi connectivity index (χ1v) is 17.5. The van der Waals surface area contributed by atoms with Crippen molar-refractivity contribution in [2.75, 3.05) is 0 Å². The first-order valence-electron chi connectivity index (χ1n) is 17.5. The zero-order valence-corrected chi connectivity index (χ0v) is 30.7. The molecule has 2 N–H and O–H groups in total. The van der Waals surface area contributed by atoms with Gasteiger partial charge in [-0.25, -0.2) is 9.59 Å². The molecule has 50 heavy (non-hydrogen) atoms. The molecule has 1 fully saturated rings. The Kier molecular flexibility index (Phi) is 12.5. The summed E-state index contributed by atoms with van der Waals surface area (Å²) < 4.78 is 11.4. The SMILES string of the molecule is Cc1cc(C)cc(C(C(=O)NC(Cc2ccccc2)C(=O)OC(C)(C)C)N(C(=O)C(Cc2ccccc2)NC(=O)OC(C)(C)C)C2CCC2)c1. The van der Waals surface area contributed by atoms with Gasteiger partial charge in [-0.2, -0.15) is 0 Å². The predicted octanol–water partition coefficient (Wildman–Crippen LogP) is 6.93. The lowest BCUT2D eigenvalue weighted by molar-refractivity contribution is -0.159. The van der Waals surface area contributed by atoms with E-state index in [2.05, 4.69) is 10.6 Å². The number of carbonyl (C=O) groups is 4. The fourth-order valence-electron chi connectivity index (χ4n) is 6.14. The average molecular weight is 684 g/mol. The van der Waals surface area contributed by atoms with Gasteiger partial charge in [0.05, 0.1) is 0 Å². The molecule has 0 spiro atoms. The third-order valence-electron chi connectivity index (χ3n) is 8.37. The number of aryl methyl sites for hydroxylation is 2. The number of hydrogen-bond acceptors (Lipinski definition) is 6. The average Bonchev–Trinajstić information content (AvgIpc) is 2.97. The number of rotatable bonds is 12. The standard InChI is InChI=1S/C41H53N3O6/c1-27-22-28(2)24-31(23-27)35(36(45)42-34(38(47)49-40(3,4)5)26-30-18-13-10-14-19-30)44(32-20-15-21-32)37(46)33(25-29-16-11-9-12-17-29)43-39(48)50-41(6,7)8/h9-14,16-19,22-24,32-35H,15,20-21,25-26H2,1-8H3,(H,42,45)(H,43,48). The minimum atomic E-state index is -1.09. The van der Waals surface area contributed by atoms with Crippen molar-refractivity contribution < 1.29 is 28.7 Å². The molecule has 3 aromatic carbocycles. The van der Waals surface area contributed by atoms with Crippen LogP contribution in [0.4, 0.5) is 4.79 Å². The van der Waals surface area contributed by atoms with Gasteiger partial charge in [0.2, 0.25) is 11.8 Å². The number of nitrogens with one attached hydrogen (secondary N) is 2. The molecule has 0 bridgehead atoms. The van der Waals surface area contributed by atoms with Gasteiger partial charge in [0, 0.05) is 18.9 Å². The lowest BCUT2D eigenvalue weighted by atomic mass is 9.87. The molecule has 1 aliphatic rings. The maximum atomic E-state index is 15.0. The molecule has 3 aromatic rings. The molecule has 3 amide bonds. The molecule has 0 aromatic heterocycles. The van der Waals surface area contributed by atoms with Gasteiger partial charge in [0.25, 0.3) is 0 Å². The highest BCUT2D eigenvalue weighted by Crippen LogP contribution is 2.35. The van der Waals surface area contributed by atoms with Crippen molar-refractivity contribution in [1.29, 1.82) is 0 Å². The number of amides is 3. The van der Waals surface area contributed by atoms with Gasteiger partial charge in [-0.05, 0) is 91.3 Å². The zero-order chi connectivity index (χ0) is 36.6. The lowest BCUT2D eigenvalue weighted by Gasteiger charge is -2.44. The van der Waals surface area contributed by atoms with Crippen LogP contribution in [0.3, 0.4) is 0 Å². The van der Waals surface area contributed by atoms with Crippen LogP contribution in [0.15, 0.2) is 78.9 Å². The summed E-state index contributed by atoms with van der Waals surface area (Å²) in [5.41, 5.74) is 2.61. The summed E-state index contributed by atoms with van der Waals surface area (Å²) in [6.07, 6.45) is 1.97. The van der Waals surface area contributed by atoms with Crippen molar-refractivity contribution in [3.05, 3.63) is 107 Å². The van der Waals surface area contributed by atoms with E-state index >= 15 is 0 Å². The summed E-state index contributed by atoms with van der Waals surface area (Å²) >= 11 is 0. The van der Waals surface area contributed by atoms with E-state index in [1.165, 1.54) is 0 Å². The van der Waals surface area contributed by atoms with Gasteiger partial charge in [-0.15, -0.1) is 0 Å². The summed E-state index contributed by atoms with van der Waals surface area (Å²) in [4.78, 5) is 58.2. The molecule has 1 aliphatic carbocycles. The molecule has 0 aliphatic heterocycles. The highest BCUT2D eigenvalue weighted by molar-refractivity contribution is 5.94. The second-order valence-electron chi connectivity index (χ2n) is 15.3. The Hall–Kier alpha value is -4.66. The fraction of sp³-hybridized carbons (Fsp3) is 0.463. The number of nitrogens with zero attached hydrogens (tertiary/aromatic N) is 1. The fourth-order valence-corrected chi connectivity index (χ4v) is 6.14. The third-order valence-corrected chi connectivity index (χ3v) is 8.37. The van der Waals surface area contributed by atoms with Crippen molar-refractivity contribution in [3.8, 4) is 0 Å². The van der Waals surface area contributed by atoms with Gasteiger partial charge < -0.3 is 25.0 Å². The molecule has 268 valence electrons. The highest BCUT2D eigenvalue weighted by atomic mass is 16.6. The smallest absolute Gasteiger partial charge is 0.408 e. The van der Waals surface area contributed by atoms with E-state index in [4.69, 9.17) is 9.47 Å². The first kappa shape index (κ1) is 38.1. The van der Waals surface area contributed by atoms with E-state index in [0.29, 0.717) is 18.4 Å². The van der Waals surface area contributed by atoms with Crippen molar-refractivity contribution in [1.82, 2.24) is 15.5 Å². The number of carbonyl (C=O) groups excluding carboxylic acids is 4. The predicted molar refractivity (Wildman–Crippen MR) is 194 cm³/mol. The van der Waals surface area contributed by atoms with Crippen LogP contribution < -0.4 is 10.6 Å². The van der Waals surface area contributed by atoms with Crippen LogP contribution in [-0.4, -0.2) is 58.1 Å². The van der Waals surface area contributed by atoms with Gasteiger partial charge in [0.1, 0.15) is 29.3 Å². The molecule has 3 atom stereocenters. The maximum absolute atomic E-state index is 15.0. The highest BCUT2D eigenvalue weighted by Gasteiger charge is 2.43. The van der Waals surface area contributed by atoms with E-state index in [1.807, 2.05) is 92.7 Å². The Morgan fingerprint density at radius 2 is 1.22 bits per heavy atom. The third kappa shape index (κ3) is 11.2. The second kappa shape index (κ2) is 16.4. The minimum absolute atomic E-state index is 0.192. The second-order valence-corrected chi connectivity index (χ2v) is 15.3. The number of esters is 1. The maximum Gasteiger partial charge on any atom is 0.408 e. The molecule has 0 heterocycles. The number of hydrogen-bond donors (Lipinski definition) is 2. The van der Waals surface area contributed by atoms with Crippen molar-refractivity contribution in [2.24, 2.45) is 0 Å². The van der Waals surface area contributed by atoms with Crippen LogP contribution in [-0.2, 0) is 36.7 Å². The molecule has 0 saturated heterocycles. The Balaban J connectivity index is 1.79. The molecule has 1 saturated carbocycles. The zero-order valence-electron chi connectivity index (χ0n) is 30.7. The van der Waals surface area contributed by atoms with Gasteiger partial charge in [-0.1, -0.05) is 90.0 Å². The normalized spacial score (nSPS) is 15.1. The molecular weight excluding hydrogens is 630 g/mol. The van der Waals surface area contributed by atoms with Crippen molar-refractivity contribution >= 4 is 23.9 Å². The lowest BCUT2D eigenvalue weighted by Crippen LogP contribution is -2.59. The van der Waals surface area contributed by atoms with Crippen molar-refractivity contribution in [2.45, 2.75) is 123 Å². The number of benzene rings is 3. The monoisotopic (exact) mass is 683 g/mol. The topological polar surface area (TPSA) is 114 Å². The number of ether oxygens (including phenoxy) is 2. The minimum Gasteiger partial charge on any atom is -0.458 e. The van der Waals surface area contributed by atoms with Gasteiger partial charge in [0.15, 0.2) is 0 Å². The molecule has 0 radical (unpaired) electrons. The largest absolute Gasteiger partial charge is 0.458 e. The van der Waals surface area contributed by atoms with Gasteiger partial charge >= 0.3 is 12.1 Å². The van der Waals surface area contributed by atoms with E-state index in [1.54, 1.807) is 46.4 Å². The Morgan fingerprint density at radius 3 is 1.68 bits per heavy atom. The summed E-state index contributed by atoms with van der Waals surface area (Å²) in [6.45, 7) is 14.5. The van der Waals surface area contributed by atoms with Crippen LogP contribution in [0.25, 0.3) is 0 Å². The Morgan fingerprint density at radius 1 is 0.720 bits per heavy atom. The molecule has 9 heteroatoms. The van der Waals surface area contributed by atoms with E-state index < -0.39 is 53.2 Å². The van der Waals surface area contributed by atoms with Crippen LogP contribution in [0.5, 0.6) is 0 Å². The van der Waals surface area contributed by atoms with Crippen LogP contribution in [0, 0.1) is 13.8 Å². The molecule has 3 unspecified atom stereocenters. The number of alkyl carbamates (subject to hydrolysis) is 1. The first-order chi connectivity index (χ1) is 23.5. The Labute approximate surface area is 297 Å². The van der Waals surface area contributed by atoms with Crippen LogP contribution in [0.2, 0.25) is 0 Å². The summed E-state index contributed by atoms with van der Waals surface area (Å²) in [7, 11) is 0.